The van der Waals surface area contributed by atoms with Gasteiger partial charge in [-0.1, -0.05) is 18.2 Å². The molecule has 0 saturated carbocycles. The van der Waals surface area contributed by atoms with Crippen LogP contribution in [0.25, 0.3) is 11.0 Å². The van der Waals surface area contributed by atoms with E-state index in [2.05, 4.69) is 5.32 Å². The zero-order valence-corrected chi connectivity index (χ0v) is 12.9. The van der Waals surface area contributed by atoms with Gasteiger partial charge >= 0.3 is 11.6 Å². The summed E-state index contributed by atoms with van der Waals surface area (Å²) >= 11 is 0. The molecule has 3 aromatic rings. The van der Waals surface area contributed by atoms with Crippen molar-refractivity contribution in [1.82, 2.24) is 0 Å². The molecule has 2 aromatic carbocycles. The van der Waals surface area contributed by atoms with E-state index in [1.807, 2.05) is 0 Å². The molecule has 0 aliphatic rings. The Hall–Kier alpha value is -3.61. The van der Waals surface area contributed by atoms with Crippen molar-refractivity contribution >= 4 is 28.5 Å². The van der Waals surface area contributed by atoms with Gasteiger partial charge in [0.25, 0.3) is 5.91 Å². The molecule has 25 heavy (non-hydrogen) atoms. The summed E-state index contributed by atoms with van der Waals surface area (Å²) in [5, 5.41) is 11.8. The molecule has 1 amide bonds. The number of amides is 1. The quantitative estimate of drug-likeness (QED) is 0.692. The van der Waals surface area contributed by atoms with Crippen molar-refractivity contribution in [2.45, 2.75) is 0 Å². The summed E-state index contributed by atoms with van der Waals surface area (Å²) in [6.07, 6.45) is 0. The number of anilines is 1. The summed E-state index contributed by atoms with van der Waals surface area (Å²) in [4.78, 5) is 34.7. The average molecular weight is 339 g/mol. The van der Waals surface area contributed by atoms with Crippen LogP contribution < -0.4 is 15.7 Å². The standard InChI is InChI=1S/C18H13NO6/c20-16(21)10-24-13-7-5-12(6-8-13)19-17(22)14-9-11-3-1-2-4-15(11)25-18(14)23/h1-9H,10H2,(H,19,22)(H,20,21). The van der Waals surface area contributed by atoms with Crippen LogP contribution in [-0.2, 0) is 4.79 Å². The number of rotatable bonds is 5. The average Bonchev–Trinajstić information content (AvgIpc) is 2.60. The van der Waals surface area contributed by atoms with Crippen molar-refractivity contribution in [1.29, 1.82) is 0 Å². The van der Waals surface area contributed by atoms with Crippen LogP contribution in [0.1, 0.15) is 10.4 Å². The van der Waals surface area contributed by atoms with E-state index in [4.69, 9.17) is 14.3 Å². The summed E-state index contributed by atoms with van der Waals surface area (Å²) in [5.41, 5.74) is 0.00623. The van der Waals surface area contributed by atoms with Crippen molar-refractivity contribution in [2.75, 3.05) is 11.9 Å². The monoisotopic (exact) mass is 339 g/mol. The number of carbonyl (C=O) groups is 2. The first-order chi connectivity index (χ1) is 12.0. The van der Waals surface area contributed by atoms with E-state index in [9.17, 15) is 14.4 Å². The third-order valence-corrected chi connectivity index (χ3v) is 3.36. The second kappa shape index (κ2) is 6.88. The van der Waals surface area contributed by atoms with Crippen LogP contribution in [-0.4, -0.2) is 23.6 Å². The van der Waals surface area contributed by atoms with E-state index >= 15 is 0 Å². The highest BCUT2D eigenvalue weighted by Gasteiger charge is 2.14. The fourth-order valence-electron chi connectivity index (χ4n) is 2.20. The predicted octanol–water partition coefficient (Wildman–Crippen LogP) is 2.51. The fraction of sp³-hybridized carbons (Fsp3) is 0.0556. The van der Waals surface area contributed by atoms with Crippen LogP contribution in [0.5, 0.6) is 5.75 Å². The van der Waals surface area contributed by atoms with E-state index in [0.29, 0.717) is 22.4 Å². The van der Waals surface area contributed by atoms with Gasteiger partial charge in [0.1, 0.15) is 16.9 Å². The van der Waals surface area contributed by atoms with E-state index < -0.39 is 24.1 Å². The molecule has 0 aliphatic carbocycles. The molecule has 0 spiro atoms. The highest BCUT2D eigenvalue weighted by molar-refractivity contribution is 6.05. The maximum absolute atomic E-state index is 12.3. The van der Waals surface area contributed by atoms with Gasteiger partial charge in [0.2, 0.25) is 0 Å². The van der Waals surface area contributed by atoms with Crippen LogP contribution in [0, 0.1) is 0 Å². The molecule has 3 rings (SSSR count). The molecule has 0 atom stereocenters. The molecule has 0 saturated heterocycles. The highest BCUT2D eigenvalue weighted by atomic mass is 16.5. The van der Waals surface area contributed by atoms with Crippen molar-refractivity contribution in [3.8, 4) is 5.75 Å². The van der Waals surface area contributed by atoms with E-state index in [0.717, 1.165) is 0 Å². The number of hydrogen-bond donors (Lipinski definition) is 2. The van der Waals surface area contributed by atoms with Crippen LogP contribution in [0.15, 0.2) is 63.8 Å². The number of carboxylic acids is 1. The lowest BCUT2D eigenvalue weighted by atomic mass is 10.1. The topological polar surface area (TPSA) is 106 Å². The van der Waals surface area contributed by atoms with E-state index in [1.54, 1.807) is 24.3 Å². The lowest BCUT2D eigenvalue weighted by Crippen LogP contribution is -2.20. The van der Waals surface area contributed by atoms with Crippen molar-refractivity contribution in [3.05, 3.63) is 70.6 Å². The first-order valence-electron chi connectivity index (χ1n) is 7.32. The van der Waals surface area contributed by atoms with Gasteiger partial charge in [-0.05, 0) is 36.4 Å². The van der Waals surface area contributed by atoms with Crippen molar-refractivity contribution < 1.29 is 23.8 Å². The van der Waals surface area contributed by atoms with E-state index in [-0.39, 0.29) is 5.56 Å². The van der Waals surface area contributed by atoms with Gasteiger partial charge in [-0.2, -0.15) is 0 Å². The Labute approximate surface area is 141 Å². The maximum Gasteiger partial charge on any atom is 0.349 e. The molecule has 7 heteroatoms. The molecule has 1 heterocycles. The van der Waals surface area contributed by atoms with Gasteiger partial charge in [-0.3, -0.25) is 4.79 Å². The number of para-hydroxylation sites is 1. The smallest absolute Gasteiger partial charge is 0.349 e. The number of benzene rings is 2. The Morgan fingerprint density at radius 3 is 2.52 bits per heavy atom. The highest BCUT2D eigenvalue weighted by Crippen LogP contribution is 2.17. The molecule has 1 aromatic heterocycles. The largest absolute Gasteiger partial charge is 0.482 e. The minimum atomic E-state index is -1.08. The fourth-order valence-corrected chi connectivity index (χ4v) is 2.20. The summed E-state index contributed by atoms with van der Waals surface area (Å²) in [6.45, 7) is -0.455. The second-order valence-electron chi connectivity index (χ2n) is 5.15. The number of fused-ring (bicyclic) bond motifs is 1. The number of carbonyl (C=O) groups excluding carboxylic acids is 1. The van der Waals surface area contributed by atoms with Gasteiger partial charge in [0, 0.05) is 11.1 Å². The zero-order valence-electron chi connectivity index (χ0n) is 12.9. The molecule has 2 N–H and O–H groups in total. The number of carboxylic acid groups (broad SMARTS) is 1. The molecule has 0 aliphatic heterocycles. The van der Waals surface area contributed by atoms with Gasteiger partial charge in [-0.25, -0.2) is 9.59 Å². The molecule has 0 bridgehead atoms. The lowest BCUT2D eigenvalue weighted by Gasteiger charge is -2.07. The molecular weight excluding hydrogens is 326 g/mol. The predicted molar refractivity (Wildman–Crippen MR) is 90.0 cm³/mol. The van der Waals surface area contributed by atoms with Crippen molar-refractivity contribution in [2.24, 2.45) is 0 Å². The summed E-state index contributed by atoms with van der Waals surface area (Å²) in [7, 11) is 0. The van der Waals surface area contributed by atoms with Crippen LogP contribution in [0.2, 0.25) is 0 Å². The Morgan fingerprint density at radius 2 is 1.80 bits per heavy atom. The summed E-state index contributed by atoms with van der Waals surface area (Å²) < 4.78 is 10.1. The summed E-state index contributed by atoms with van der Waals surface area (Å²) in [5.74, 6) is -1.33. The Morgan fingerprint density at radius 1 is 1.08 bits per heavy atom. The Balaban J connectivity index is 1.77. The lowest BCUT2D eigenvalue weighted by molar-refractivity contribution is -0.139. The number of ether oxygens (including phenoxy) is 1. The third-order valence-electron chi connectivity index (χ3n) is 3.36. The van der Waals surface area contributed by atoms with Crippen LogP contribution >= 0.6 is 0 Å². The van der Waals surface area contributed by atoms with Gasteiger partial charge in [0.05, 0.1) is 0 Å². The zero-order chi connectivity index (χ0) is 17.8. The summed E-state index contributed by atoms with van der Waals surface area (Å²) in [6, 6.07) is 14.5. The van der Waals surface area contributed by atoms with Crippen LogP contribution in [0.3, 0.4) is 0 Å². The normalized spacial score (nSPS) is 10.4. The van der Waals surface area contributed by atoms with Crippen LogP contribution in [0.4, 0.5) is 5.69 Å². The Bertz CT molecular complexity index is 990. The maximum atomic E-state index is 12.3. The minimum Gasteiger partial charge on any atom is -0.482 e. The third kappa shape index (κ3) is 3.84. The number of aliphatic carboxylic acids is 1. The molecule has 0 unspecified atom stereocenters. The van der Waals surface area contributed by atoms with Gasteiger partial charge < -0.3 is 19.6 Å². The Kier molecular flexibility index (Phi) is 4.47. The second-order valence-corrected chi connectivity index (χ2v) is 5.15. The molecule has 126 valence electrons. The molecular formula is C18H13NO6. The first-order valence-corrected chi connectivity index (χ1v) is 7.32. The SMILES string of the molecule is O=C(O)COc1ccc(NC(=O)c2cc3ccccc3oc2=O)cc1. The molecule has 7 nitrogen and oxygen atoms in total. The minimum absolute atomic E-state index is 0.107. The van der Waals surface area contributed by atoms with E-state index in [1.165, 1.54) is 30.3 Å². The first kappa shape index (κ1) is 16.3. The number of nitrogens with one attached hydrogen (secondary N) is 1. The van der Waals surface area contributed by atoms with Gasteiger partial charge in [-0.15, -0.1) is 0 Å². The molecule has 0 radical (unpaired) electrons. The van der Waals surface area contributed by atoms with Crippen molar-refractivity contribution in [3.63, 3.8) is 0 Å². The van der Waals surface area contributed by atoms with Gasteiger partial charge in [0.15, 0.2) is 6.61 Å². The number of hydrogen-bond acceptors (Lipinski definition) is 5. The molecule has 0 fully saturated rings.